The Kier molecular flexibility index (Phi) is 6.25. The number of hydrogen-bond donors (Lipinski definition) is 2. The monoisotopic (exact) mass is 616 g/mol. The number of fused-ring (bicyclic) bond motifs is 8. The highest BCUT2D eigenvalue weighted by Gasteiger charge is 2.80. The number of rotatable bonds is 4. The van der Waals surface area contributed by atoms with Crippen molar-refractivity contribution in [2.75, 3.05) is 6.61 Å². The lowest BCUT2D eigenvalue weighted by Gasteiger charge is -2.63. The topological polar surface area (TPSA) is 93.8 Å². The molecule has 0 radical (unpaired) electrons. The van der Waals surface area contributed by atoms with Gasteiger partial charge >= 0.3 is 0 Å². The first-order valence-corrected chi connectivity index (χ1v) is 16.7. The van der Waals surface area contributed by atoms with Crippen LogP contribution < -0.4 is 0 Å². The molecule has 1 aromatic carbocycles. The van der Waals surface area contributed by atoms with Gasteiger partial charge in [0.05, 0.1) is 23.6 Å². The Morgan fingerprint density at radius 3 is 2.60 bits per heavy atom. The van der Waals surface area contributed by atoms with E-state index >= 15 is 4.39 Å². The number of nitrogens with zero attached hydrogens (tertiary/aromatic N) is 2. The highest BCUT2D eigenvalue weighted by molar-refractivity contribution is 5.91. The van der Waals surface area contributed by atoms with Gasteiger partial charge in [-0.05, 0) is 106 Å². The second-order valence-corrected chi connectivity index (χ2v) is 15.8. The first-order chi connectivity index (χ1) is 21.3. The van der Waals surface area contributed by atoms with Crippen LogP contribution in [0.15, 0.2) is 42.1 Å². The molecular formula is C37H45FN2O5. The minimum absolute atomic E-state index is 0.0584. The van der Waals surface area contributed by atoms with Crippen LogP contribution in [0.2, 0.25) is 0 Å². The fourth-order valence-electron chi connectivity index (χ4n) is 10.9. The Bertz CT molecular complexity index is 1640. The highest BCUT2D eigenvalue weighted by Crippen LogP contribution is 2.72. The van der Waals surface area contributed by atoms with Gasteiger partial charge in [-0.15, -0.1) is 0 Å². The number of hydrogen-bond acceptors (Lipinski definition) is 6. The molecule has 8 heteroatoms. The number of halogens is 1. The molecular weight excluding hydrogens is 571 g/mol. The number of aromatic nitrogens is 2. The maximum Gasteiger partial charge on any atom is 0.193 e. The lowest BCUT2D eigenvalue weighted by atomic mass is 9.43. The van der Waals surface area contributed by atoms with E-state index in [0.29, 0.717) is 31.6 Å². The number of ether oxygens (including phenoxy) is 2. The van der Waals surface area contributed by atoms with E-state index in [1.165, 1.54) is 11.1 Å². The van der Waals surface area contributed by atoms with Crippen molar-refractivity contribution in [3.05, 3.63) is 58.9 Å². The van der Waals surface area contributed by atoms with Gasteiger partial charge in [0.15, 0.2) is 17.2 Å². The van der Waals surface area contributed by atoms with E-state index in [4.69, 9.17) is 14.6 Å². The molecule has 5 aliphatic carbocycles. The van der Waals surface area contributed by atoms with E-state index in [1.54, 1.807) is 13.8 Å². The predicted molar refractivity (Wildman–Crippen MR) is 168 cm³/mol. The summed E-state index contributed by atoms with van der Waals surface area (Å²) in [7, 11) is 0. The first kappa shape index (κ1) is 29.7. The molecule has 240 valence electrons. The summed E-state index contributed by atoms with van der Waals surface area (Å²) in [6.45, 7) is 9.07. The zero-order valence-electron chi connectivity index (χ0n) is 27.0. The van der Waals surface area contributed by atoms with Gasteiger partial charge in [0.25, 0.3) is 0 Å². The molecule has 2 aromatic rings. The SMILES string of the molecule is CC1CC=C(c2ccc(-n3cc4c(n3)C=C3CC[C@H]5[C@@H]6C[C@H]7OC(C)(C)O[C@@]7(C(=O)CO)[C@@]6(C)C[C@H](O)[C@]5(F)[C@@]3(C)C4)cc2)C1. The molecule has 2 N–H and O–H groups in total. The number of benzene rings is 1. The number of carbonyl (C=O) groups excluding carboxylic acids is 1. The number of ketones is 1. The van der Waals surface area contributed by atoms with Gasteiger partial charge in [0.2, 0.25) is 0 Å². The molecule has 8 rings (SSSR count). The zero-order chi connectivity index (χ0) is 31.7. The summed E-state index contributed by atoms with van der Waals surface area (Å²) in [4.78, 5) is 13.5. The average Bonchev–Trinajstić information content (AvgIpc) is 3.73. The second-order valence-electron chi connectivity index (χ2n) is 15.8. The standard InChI is InChI=1S/C37H45FN2O5/c1-21-6-7-23(14-21)22-8-11-26(12-9-22)40-19-24-17-34(4)25(15-29(24)39-40)10-13-27-28-16-32-37(31(43)20-41,45-33(2,3)44-32)35(28,5)18-30(42)36(27,34)38/h7-9,11-12,15,19,21,27-28,30,32,41-42H,6,10,13-14,16-18,20H2,1-5H3/t21?,27-,28-,30-,32+,34-,35-,36-,37+/m0/s1. The number of alkyl halides is 1. The van der Waals surface area contributed by atoms with Gasteiger partial charge in [-0.3, -0.25) is 4.79 Å². The average molecular weight is 617 g/mol. The second kappa shape index (κ2) is 9.46. The van der Waals surface area contributed by atoms with Crippen LogP contribution in [0.5, 0.6) is 0 Å². The van der Waals surface area contributed by atoms with Crippen molar-refractivity contribution in [3.8, 4) is 5.69 Å². The van der Waals surface area contributed by atoms with Crippen LogP contribution >= 0.6 is 0 Å². The Balaban J connectivity index is 1.12. The van der Waals surface area contributed by atoms with E-state index in [9.17, 15) is 15.0 Å². The molecule has 4 fully saturated rings. The number of aliphatic hydroxyl groups excluding tert-OH is 2. The molecule has 1 aliphatic heterocycles. The number of Topliss-reactive ketones (excluding diaryl/α,β-unsaturated/α-hetero) is 1. The van der Waals surface area contributed by atoms with Crippen LogP contribution in [0.1, 0.15) is 90.0 Å². The van der Waals surface area contributed by atoms with Crippen LogP contribution in [0.25, 0.3) is 17.3 Å². The molecule has 7 nitrogen and oxygen atoms in total. The molecule has 0 spiro atoms. The van der Waals surface area contributed by atoms with Crippen molar-refractivity contribution in [3.63, 3.8) is 0 Å². The number of carbonyl (C=O) groups is 1. The molecule has 0 bridgehead atoms. The fraction of sp³-hybridized carbons (Fsp3) is 0.622. The van der Waals surface area contributed by atoms with Crippen LogP contribution in [0, 0.1) is 28.6 Å². The van der Waals surface area contributed by atoms with Gasteiger partial charge in [-0.2, -0.15) is 5.10 Å². The summed E-state index contributed by atoms with van der Waals surface area (Å²) in [5, 5.41) is 27.0. The molecule has 1 aromatic heterocycles. The molecule has 1 saturated heterocycles. The molecule has 6 aliphatic rings. The molecule has 2 heterocycles. The quantitative estimate of drug-likeness (QED) is 0.438. The van der Waals surface area contributed by atoms with Crippen LogP contribution in [-0.4, -0.2) is 61.6 Å². The van der Waals surface area contributed by atoms with E-state index in [0.717, 1.165) is 35.4 Å². The largest absolute Gasteiger partial charge is 0.390 e. The minimum atomic E-state index is -1.91. The third-order valence-electron chi connectivity index (χ3n) is 12.9. The molecule has 45 heavy (non-hydrogen) atoms. The Hall–Kier alpha value is -2.65. The minimum Gasteiger partial charge on any atom is -0.390 e. The number of allylic oxidation sites excluding steroid dienone is 3. The summed E-state index contributed by atoms with van der Waals surface area (Å²) in [6, 6.07) is 8.53. The maximum atomic E-state index is 18.2. The van der Waals surface area contributed by atoms with E-state index < -0.39 is 58.4 Å². The van der Waals surface area contributed by atoms with Crippen LogP contribution in [-0.2, 0) is 20.7 Å². The predicted octanol–water partition coefficient (Wildman–Crippen LogP) is 5.99. The first-order valence-electron chi connectivity index (χ1n) is 16.7. The summed E-state index contributed by atoms with van der Waals surface area (Å²) >= 11 is 0. The lowest BCUT2D eigenvalue weighted by molar-refractivity contribution is -0.250. The van der Waals surface area contributed by atoms with Gasteiger partial charge in [-0.1, -0.05) is 44.6 Å². The summed E-state index contributed by atoms with van der Waals surface area (Å²) in [6.07, 6.45) is 8.94. The maximum absolute atomic E-state index is 18.2. The summed E-state index contributed by atoms with van der Waals surface area (Å²) in [5.74, 6) is -1.51. The normalized spacial score (nSPS) is 42.6. The Morgan fingerprint density at radius 1 is 1.16 bits per heavy atom. The fourth-order valence-corrected chi connectivity index (χ4v) is 10.9. The molecule has 3 saturated carbocycles. The molecule has 9 atom stereocenters. The third-order valence-corrected chi connectivity index (χ3v) is 12.9. The highest BCUT2D eigenvalue weighted by atomic mass is 19.1. The van der Waals surface area contributed by atoms with Gasteiger partial charge in [-0.25, -0.2) is 9.07 Å². The lowest BCUT2D eigenvalue weighted by Crippen LogP contribution is -2.70. The van der Waals surface area contributed by atoms with Gasteiger partial charge < -0.3 is 19.7 Å². The Morgan fingerprint density at radius 2 is 1.91 bits per heavy atom. The van der Waals surface area contributed by atoms with E-state index in [2.05, 4.69) is 43.3 Å². The van der Waals surface area contributed by atoms with Crippen molar-refractivity contribution in [2.24, 2.45) is 28.6 Å². The van der Waals surface area contributed by atoms with E-state index in [1.807, 2.05) is 24.7 Å². The Labute approximate surface area is 264 Å². The van der Waals surface area contributed by atoms with Crippen molar-refractivity contribution in [1.29, 1.82) is 0 Å². The van der Waals surface area contributed by atoms with Crippen LogP contribution in [0.3, 0.4) is 0 Å². The van der Waals surface area contributed by atoms with Gasteiger partial charge in [0.1, 0.15) is 12.3 Å². The van der Waals surface area contributed by atoms with Crippen molar-refractivity contribution >= 4 is 17.4 Å². The van der Waals surface area contributed by atoms with Gasteiger partial charge in [0, 0.05) is 22.9 Å². The molecule has 0 amide bonds. The van der Waals surface area contributed by atoms with Crippen molar-refractivity contribution in [1.82, 2.24) is 9.78 Å². The van der Waals surface area contributed by atoms with E-state index in [-0.39, 0.29) is 12.3 Å². The smallest absolute Gasteiger partial charge is 0.193 e. The van der Waals surface area contributed by atoms with Crippen molar-refractivity contribution < 1.29 is 28.9 Å². The van der Waals surface area contributed by atoms with Crippen LogP contribution in [0.4, 0.5) is 4.39 Å². The molecule has 1 unspecified atom stereocenters. The zero-order valence-corrected chi connectivity index (χ0v) is 27.0. The summed E-state index contributed by atoms with van der Waals surface area (Å²) in [5.41, 5.74) is 1.31. The number of aliphatic hydroxyl groups is 2. The summed E-state index contributed by atoms with van der Waals surface area (Å²) < 4.78 is 32.8. The third kappa shape index (κ3) is 3.77. The van der Waals surface area contributed by atoms with Crippen molar-refractivity contribution in [2.45, 2.75) is 109 Å².